The first-order valence-electron chi connectivity index (χ1n) is 7.20. The van der Waals surface area contributed by atoms with Crippen LogP contribution in [0.25, 0.3) is 10.9 Å². The summed E-state index contributed by atoms with van der Waals surface area (Å²) >= 11 is 1.56. The molecule has 5 nitrogen and oxygen atoms in total. The molecule has 1 aromatic carbocycles. The number of carbonyl (C=O) groups is 2. The van der Waals surface area contributed by atoms with Gasteiger partial charge in [-0.2, -0.15) is 11.8 Å². The second-order valence-electron chi connectivity index (χ2n) is 5.69. The van der Waals surface area contributed by atoms with E-state index in [-0.39, 0.29) is 12.3 Å². The predicted octanol–water partition coefficient (Wildman–Crippen LogP) is 2.10. The summed E-state index contributed by atoms with van der Waals surface area (Å²) in [4.78, 5) is 27.1. The summed E-state index contributed by atoms with van der Waals surface area (Å²) < 4.78 is 0. The second-order valence-corrected chi connectivity index (χ2v) is 6.79. The molecule has 1 aliphatic heterocycles. The van der Waals surface area contributed by atoms with E-state index in [1.807, 2.05) is 31.2 Å². The van der Waals surface area contributed by atoms with Gasteiger partial charge in [0, 0.05) is 22.3 Å². The van der Waals surface area contributed by atoms with E-state index in [1.54, 1.807) is 11.8 Å². The van der Waals surface area contributed by atoms with Crippen molar-refractivity contribution in [1.82, 2.24) is 10.3 Å². The molecule has 0 spiro atoms. The smallest absolute Gasteiger partial charge is 0.330 e. The van der Waals surface area contributed by atoms with E-state index in [0.29, 0.717) is 12.2 Å². The third-order valence-electron chi connectivity index (χ3n) is 4.17. The molecule has 3 N–H and O–H groups in total. The van der Waals surface area contributed by atoms with Gasteiger partial charge in [-0.25, -0.2) is 4.79 Å². The molecule has 3 rings (SSSR count). The van der Waals surface area contributed by atoms with E-state index in [1.165, 1.54) is 0 Å². The van der Waals surface area contributed by atoms with Crippen molar-refractivity contribution < 1.29 is 14.7 Å². The van der Waals surface area contributed by atoms with E-state index >= 15 is 0 Å². The Hall–Kier alpha value is -1.95. The van der Waals surface area contributed by atoms with Crippen LogP contribution in [-0.2, 0) is 16.0 Å². The van der Waals surface area contributed by atoms with Crippen LogP contribution in [0.15, 0.2) is 24.3 Å². The number of aromatic amines is 1. The summed E-state index contributed by atoms with van der Waals surface area (Å²) in [6.45, 7) is 1.93. The summed E-state index contributed by atoms with van der Waals surface area (Å²) in [5, 5.41) is 13.2. The van der Waals surface area contributed by atoms with Gasteiger partial charge in [0.15, 0.2) is 0 Å². The van der Waals surface area contributed by atoms with Gasteiger partial charge >= 0.3 is 5.97 Å². The summed E-state index contributed by atoms with van der Waals surface area (Å²) in [5.41, 5.74) is 1.76. The van der Waals surface area contributed by atoms with Crippen molar-refractivity contribution in [2.24, 2.45) is 0 Å². The van der Waals surface area contributed by atoms with Crippen LogP contribution in [0, 0.1) is 6.92 Å². The SMILES string of the molecule is Cc1[nH]c2ccccc2c1CC(=O)NC1(C(=O)O)CCSC1. The van der Waals surface area contributed by atoms with E-state index in [9.17, 15) is 14.7 Å². The number of aromatic nitrogens is 1. The van der Waals surface area contributed by atoms with Gasteiger partial charge in [0.2, 0.25) is 5.91 Å². The monoisotopic (exact) mass is 318 g/mol. The number of carboxylic acids is 1. The van der Waals surface area contributed by atoms with Crippen LogP contribution >= 0.6 is 11.8 Å². The normalized spacial score (nSPS) is 21.1. The number of H-pyrrole nitrogens is 1. The van der Waals surface area contributed by atoms with Crippen LogP contribution in [0.3, 0.4) is 0 Å². The Morgan fingerprint density at radius 1 is 1.41 bits per heavy atom. The molecule has 1 aliphatic rings. The molecular weight excluding hydrogens is 300 g/mol. The lowest BCUT2D eigenvalue weighted by Crippen LogP contribution is -2.55. The molecule has 116 valence electrons. The van der Waals surface area contributed by atoms with Crippen molar-refractivity contribution in [3.05, 3.63) is 35.5 Å². The Morgan fingerprint density at radius 2 is 2.18 bits per heavy atom. The molecule has 1 unspecified atom stereocenters. The van der Waals surface area contributed by atoms with E-state index in [2.05, 4.69) is 10.3 Å². The molecule has 2 heterocycles. The largest absolute Gasteiger partial charge is 0.479 e. The number of thioether (sulfide) groups is 1. The van der Waals surface area contributed by atoms with Crippen LogP contribution in [0.4, 0.5) is 0 Å². The van der Waals surface area contributed by atoms with Gasteiger partial charge in [-0.05, 0) is 30.7 Å². The zero-order valence-corrected chi connectivity index (χ0v) is 13.1. The number of nitrogens with one attached hydrogen (secondary N) is 2. The van der Waals surface area contributed by atoms with Gasteiger partial charge in [-0.3, -0.25) is 4.79 Å². The van der Waals surface area contributed by atoms with Crippen LogP contribution in [0.2, 0.25) is 0 Å². The molecule has 0 radical (unpaired) electrons. The molecule has 1 saturated heterocycles. The maximum absolute atomic E-state index is 12.4. The van der Waals surface area contributed by atoms with E-state index in [0.717, 1.165) is 27.9 Å². The molecule has 2 aromatic rings. The average Bonchev–Trinajstić information content (AvgIpc) is 3.06. The highest BCUT2D eigenvalue weighted by atomic mass is 32.2. The first-order valence-corrected chi connectivity index (χ1v) is 8.36. The molecule has 1 fully saturated rings. The van der Waals surface area contributed by atoms with Crippen LogP contribution in [-0.4, -0.2) is 39.0 Å². The van der Waals surface area contributed by atoms with E-state index < -0.39 is 11.5 Å². The van der Waals surface area contributed by atoms with E-state index in [4.69, 9.17) is 0 Å². The first kappa shape index (κ1) is 15.0. The van der Waals surface area contributed by atoms with Gasteiger partial charge in [-0.1, -0.05) is 18.2 Å². The van der Waals surface area contributed by atoms with Crippen molar-refractivity contribution in [3.8, 4) is 0 Å². The van der Waals surface area contributed by atoms with Crippen molar-refractivity contribution >= 4 is 34.5 Å². The van der Waals surface area contributed by atoms with Gasteiger partial charge in [0.1, 0.15) is 5.54 Å². The minimum atomic E-state index is -1.11. The lowest BCUT2D eigenvalue weighted by atomic mass is 9.98. The standard InChI is InChI=1S/C16H18N2O3S/c1-10-12(11-4-2-3-5-13(11)17-10)8-14(19)18-16(15(20)21)6-7-22-9-16/h2-5,17H,6-9H2,1H3,(H,18,19)(H,20,21). The molecule has 0 saturated carbocycles. The molecule has 22 heavy (non-hydrogen) atoms. The number of aryl methyl sites for hydroxylation is 1. The Bertz CT molecular complexity index is 732. The molecule has 6 heteroatoms. The van der Waals surface area contributed by atoms with Crippen LogP contribution < -0.4 is 5.32 Å². The number of amides is 1. The number of para-hydroxylation sites is 1. The summed E-state index contributed by atoms with van der Waals surface area (Å²) in [6.07, 6.45) is 0.668. The Labute approximate surface area is 132 Å². The van der Waals surface area contributed by atoms with Crippen molar-refractivity contribution in [3.63, 3.8) is 0 Å². The minimum Gasteiger partial charge on any atom is -0.479 e. The van der Waals surface area contributed by atoms with Crippen molar-refractivity contribution in [1.29, 1.82) is 0 Å². The molecule has 0 aliphatic carbocycles. The maximum Gasteiger partial charge on any atom is 0.330 e. The predicted molar refractivity (Wildman–Crippen MR) is 87.2 cm³/mol. The number of benzene rings is 1. The topological polar surface area (TPSA) is 82.2 Å². The second kappa shape index (κ2) is 5.68. The summed E-state index contributed by atoms with van der Waals surface area (Å²) in [5.74, 6) is 0.0128. The van der Waals surface area contributed by atoms with Crippen molar-refractivity contribution in [2.45, 2.75) is 25.3 Å². The molecule has 1 aromatic heterocycles. The molecular formula is C16H18N2O3S. The van der Waals surface area contributed by atoms with Crippen LogP contribution in [0.1, 0.15) is 17.7 Å². The number of carbonyl (C=O) groups excluding carboxylic acids is 1. The zero-order valence-electron chi connectivity index (χ0n) is 12.3. The Morgan fingerprint density at radius 3 is 2.86 bits per heavy atom. The third kappa shape index (κ3) is 2.59. The highest BCUT2D eigenvalue weighted by Gasteiger charge is 2.43. The number of fused-ring (bicyclic) bond motifs is 1. The van der Waals surface area contributed by atoms with Gasteiger partial charge < -0.3 is 15.4 Å². The quantitative estimate of drug-likeness (QED) is 0.806. The first-order chi connectivity index (χ1) is 10.5. The highest BCUT2D eigenvalue weighted by molar-refractivity contribution is 7.99. The highest BCUT2D eigenvalue weighted by Crippen LogP contribution is 2.29. The third-order valence-corrected chi connectivity index (χ3v) is 5.36. The number of aliphatic carboxylic acids is 1. The minimum absolute atomic E-state index is 0.190. The summed E-state index contributed by atoms with van der Waals surface area (Å²) in [7, 11) is 0. The fourth-order valence-electron chi connectivity index (χ4n) is 2.92. The van der Waals surface area contributed by atoms with Crippen LogP contribution in [0.5, 0.6) is 0 Å². The van der Waals surface area contributed by atoms with Gasteiger partial charge in [0.25, 0.3) is 0 Å². The lowest BCUT2D eigenvalue weighted by molar-refractivity contribution is -0.146. The lowest BCUT2D eigenvalue weighted by Gasteiger charge is -2.24. The molecule has 1 amide bonds. The molecule has 1 atom stereocenters. The summed E-state index contributed by atoms with van der Waals surface area (Å²) in [6, 6.07) is 7.82. The number of hydrogen-bond acceptors (Lipinski definition) is 3. The number of hydrogen-bond donors (Lipinski definition) is 3. The van der Waals surface area contributed by atoms with Crippen molar-refractivity contribution in [2.75, 3.05) is 11.5 Å². The molecule has 0 bridgehead atoms. The zero-order chi connectivity index (χ0) is 15.7. The van der Waals surface area contributed by atoms with Gasteiger partial charge in [0.05, 0.1) is 6.42 Å². The Balaban J connectivity index is 1.81. The fraction of sp³-hybridized carbons (Fsp3) is 0.375. The number of carboxylic acid groups (broad SMARTS) is 1. The number of rotatable bonds is 4. The van der Waals surface area contributed by atoms with Gasteiger partial charge in [-0.15, -0.1) is 0 Å². The Kier molecular flexibility index (Phi) is 3.87. The maximum atomic E-state index is 12.4. The fourth-order valence-corrected chi connectivity index (χ4v) is 4.25. The average molecular weight is 318 g/mol.